The smallest absolute Gasteiger partial charge is 0.138 e. The first-order chi connectivity index (χ1) is 12.5. The van der Waals surface area contributed by atoms with E-state index in [1.54, 1.807) is 0 Å². The molecule has 0 aliphatic carbocycles. The third-order valence-corrected chi connectivity index (χ3v) is 4.69. The maximum absolute atomic E-state index is 5.94. The largest absolute Gasteiger partial charge is 0.356 e. The number of halogens is 1. The Morgan fingerprint density at radius 3 is 2.69 bits per heavy atom. The summed E-state index contributed by atoms with van der Waals surface area (Å²) in [5.74, 6) is 1.05. The van der Waals surface area contributed by atoms with Gasteiger partial charge in [-0.05, 0) is 70.4 Å². The van der Waals surface area contributed by atoms with Gasteiger partial charge in [-0.15, -0.1) is 0 Å². The molecule has 0 atom stereocenters. The molecule has 1 aliphatic rings. The lowest BCUT2D eigenvalue weighted by atomic mass is 10.0. The van der Waals surface area contributed by atoms with Gasteiger partial charge in [0.25, 0.3) is 0 Å². The van der Waals surface area contributed by atoms with Crippen LogP contribution in [0.3, 0.4) is 0 Å². The van der Waals surface area contributed by atoms with Crippen molar-refractivity contribution in [3.05, 3.63) is 52.7 Å². The van der Waals surface area contributed by atoms with Crippen molar-refractivity contribution in [1.29, 1.82) is 0 Å². The van der Waals surface area contributed by atoms with Crippen molar-refractivity contribution in [2.75, 3.05) is 44.1 Å². The van der Waals surface area contributed by atoms with Crippen molar-refractivity contribution >= 4 is 28.8 Å². The number of nitrogens with one attached hydrogen (secondary N) is 1. The molecule has 0 saturated heterocycles. The molecule has 138 valence electrons. The third-order valence-electron chi connectivity index (χ3n) is 4.44. The molecule has 2 heterocycles. The van der Waals surface area contributed by atoms with Gasteiger partial charge in [0.2, 0.25) is 0 Å². The number of pyridine rings is 1. The van der Waals surface area contributed by atoms with Crippen LogP contribution in [0.15, 0.2) is 41.5 Å². The van der Waals surface area contributed by atoms with Crippen LogP contribution in [-0.2, 0) is 0 Å². The van der Waals surface area contributed by atoms with E-state index >= 15 is 0 Å². The monoisotopic (exact) mass is 371 g/mol. The molecular formula is C20H26ClN5. The predicted molar refractivity (Wildman–Crippen MR) is 111 cm³/mol. The number of hydrazone groups is 1. The second-order valence-electron chi connectivity index (χ2n) is 6.89. The Morgan fingerprint density at radius 2 is 1.96 bits per heavy atom. The van der Waals surface area contributed by atoms with Gasteiger partial charge < -0.3 is 9.80 Å². The summed E-state index contributed by atoms with van der Waals surface area (Å²) >= 11 is 5.94. The number of hydrogen-bond acceptors (Lipinski definition) is 5. The van der Waals surface area contributed by atoms with Gasteiger partial charge in [0.05, 0.1) is 11.4 Å². The van der Waals surface area contributed by atoms with Gasteiger partial charge in [-0.25, -0.2) is 4.98 Å². The summed E-state index contributed by atoms with van der Waals surface area (Å²) in [7, 11) is 4.22. The first-order valence-corrected chi connectivity index (χ1v) is 9.36. The first-order valence-electron chi connectivity index (χ1n) is 8.99. The minimum Gasteiger partial charge on any atom is -0.356 e. The lowest BCUT2D eigenvalue weighted by Crippen LogP contribution is -2.35. The molecular weight excluding hydrogens is 346 g/mol. The Labute approximate surface area is 160 Å². The lowest BCUT2D eigenvalue weighted by molar-refractivity contribution is 0.400. The number of rotatable bonds is 6. The number of fused-ring (bicyclic) bond motifs is 1. The van der Waals surface area contributed by atoms with Crippen LogP contribution in [0.25, 0.3) is 0 Å². The van der Waals surface area contributed by atoms with Crippen LogP contribution in [0.1, 0.15) is 24.1 Å². The van der Waals surface area contributed by atoms with Gasteiger partial charge in [0.15, 0.2) is 0 Å². The fraction of sp³-hybridized carbons (Fsp3) is 0.400. The van der Waals surface area contributed by atoms with Gasteiger partial charge in [-0.2, -0.15) is 5.10 Å². The van der Waals surface area contributed by atoms with E-state index in [4.69, 9.17) is 16.6 Å². The van der Waals surface area contributed by atoms with E-state index in [0.29, 0.717) is 0 Å². The summed E-state index contributed by atoms with van der Waals surface area (Å²) in [6.45, 7) is 5.07. The second-order valence-corrected chi connectivity index (χ2v) is 7.33. The molecule has 0 amide bonds. The molecule has 0 unspecified atom stereocenters. The number of aromatic nitrogens is 1. The average Bonchev–Trinajstić information content (AvgIpc) is 2.62. The van der Waals surface area contributed by atoms with Gasteiger partial charge in [-0.3, -0.25) is 5.43 Å². The van der Waals surface area contributed by atoms with Crippen molar-refractivity contribution in [1.82, 2.24) is 9.88 Å². The van der Waals surface area contributed by atoms with E-state index in [-0.39, 0.29) is 0 Å². The molecule has 1 aromatic carbocycles. The highest BCUT2D eigenvalue weighted by molar-refractivity contribution is 6.30. The summed E-state index contributed by atoms with van der Waals surface area (Å²) in [6, 6.07) is 11.8. The number of hydrogen-bond donors (Lipinski definition) is 1. The predicted octanol–water partition coefficient (Wildman–Crippen LogP) is 4.02. The highest BCUT2D eigenvalue weighted by Gasteiger charge is 2.23. The standard InChI is InChI=1S/C20H26ClN5/c1-15-5-10-18-19(24-23-17-8-6-16(21)7-9-17)11-14-26(20(18)22-15)13-4-12-25(2)3/h5-10,23H,4,11-14H2,1-3H3/b24-19+. The van der Waals surface area contributed by atoms with E-state index < -0.39 is 0 Å². The molecule has 2 aromatic rings. The summed E-state index contributed by atoms with van der Waals surface area (Å²) < 4.78 is 0. The molecule has 0 saturated carbocycles. The average molecular weight is 372 g/mol. The van der Waals surface area contributed by atoms with Crippen molar-refractivity contribution in [2.24, 2.45) is 5.10 Å². The van der Waals surface area contributed by atoms with E-state index in [1.807, 2.05) is 31.2 Å². The van der Waals surface area contributed by atoms with Crippen molar-refractivity contribution in [3.8, 4) is 0 Å². The van der Waals surface area contributed by atoms with Crippen LogP contribution in [0.4, 0.5) is 11.5 Å². The number of benzene rings is 1. The zero-order valence-electron chi connectivity index (χ0n) is 15.7. The Morgan fingerprint density at radius 1 is 1.19 bits per heavy atom. The highest BCUT2D eigenvalue weighted by atomic mass is 35.5. The van der Waals surface area contributed by atoms with E-state index in [1.165, 1.54) is 0 Å². The SMILES string of the molecule is Cc1ccc2c(n1)N(CCCN(C)C)CC/C2=N\Nc1ccc(Cl)cc1. The fourth-order valence-electron chi connectivity index (χ4n) is 3.06. The van der Waals surface area contributed by atoms with Crippen molar-refractivity contribution in [2.45, 2.75) is 19.8 Å². The normalized spacial score (nSPS) is 15.4. The van der Waals surface area contributed by atoms with Gasteiger partial charge in [0, 0.05) is 35.8 Å². The minimum absolute atomic E-state index is 0.722. The minimum atomic E-state index is 0.722. The molecule has 0 spiro atoms. The highest BCUT2D eigenvalue weighted by Crippen LogP contribution is 2.26. The van der Waals surface area contributed by atoms with Crippen LogP contribution >= 0.6 is 11.6 Å². The zero-order valence-corrected chi connectivity index (χ0v) is 16.4. The molecule has 1 aromatic heterocycles. The molecule has 1 aliphatic heterocycles. The molecule has 5 nitrogen and oxygen atoms in total. The molecule has 1 N–H and O–H groups in total. The van der Waals surface area contributed by atoms with E-state index in [9.17, 15) is 0 Å². The Balaban J connectivity index is 1.78. The number of aryl methyl sites for hydroxylation is 1. The van der Waals surface area contributed by atoms with Crippen LogP contribution < -0.4 is 10.3 Å². The molecule has 6 heteroatoms. The Hall–Kier alpha value is -2.11. The molecule has 0 fully saturated rings. The molecule has 0 bridgehead atoms. The van der Waals surface area contributed by atoms with Gasteiger partial charge in [-0.1, -0.05) is 11.6 Å². The van der Waals surface area contributed by atoms with Crippen molar-refractivity contribution in [3.63, 3.8) is 0 Å². The Kier molecular flexibility index (Phi) is 6.12. The van der Waals surface area contributed by atoms with Gasteiger partial charge >= 0.3 is 0 Å². The second kappa shape index (κ2) is 8.52. The molecule has 3 rings (SSSR count). The maximum atomic E-state index is 5.94. The van der Waals surface area contributed by atoms with Crippen LogP contribution in [0.5, 0.6) is 0 Å². The topological polar surface area (TPSA) is 43.8 Å². The van der Waals surface area contributed by atoms with Crippen molar-refractivity contribution < 1.29 is 0 Å². The van der Waals surface area contributed by atoms with Crippen LogP contribution in [-0.4, -0.2) is 49.3 Å². The molecule has 0 radical (unpaired) electrons. The lowest BCUT2D eigenvalue weighted by Gasteiger charge is -2.31. The zero-order chi connectivity index (χ0) is 18.5. The van der Waals surface area contributed by atoms with Crippen LogP contribution in [0, 0.1) is 6.92 Å². The third kappa shape index (κ3) is 4.74. The maximum Gasteiger partial charge on any atom is 0.138 e. The number of nitrogens with zero attached hydrogens (tertiary/aromatic N) is 4. The summed E-state index contributed by atoms with van der Waals surface area (Å²) in [6.07, 6.45) is 2.03. The quantitative estimate of drug-likeness (QED) is 0.779. The van der Waals surface area contributed by atoms with E-state index in [2.05, 4.69) is 46.6 Å². The fourth-order valence-corrected chi connectivity index (χ4v) is 3.18. The summed E-state index contributed by atoms with van der Waals surface area (Å²) in [4.78, 5) is 9.40. The first kappa shape index (κ1) is 18.7. The van der Waals surface area contributed by atoms with E-state index in [0.717, 1.165) is 66.0 Å². The van der Waals surface area contributed by atoms with Gasteiger partial charge in [0.1, 0.15) is 5.82 Å². The Bertz CT molecular complexity index is 770. The van der Waals surface area contributed by atoms with Crippen LogP contribution in [0.2, 0.25) is 5.02 Å². The number of anilines is 2. The summed E-state index contributed by atoms with van der Waals surface area (Å²) in [5.41, 5.74) is 7.28. The summed E-state index contributed by atoms with van der Waals surface area (Å²) in [5, 5.41) is 5.37. The molecule has 26 heavy (non-hydrogen) atoms.